The molecular weight excluding hydrogens is 300 g/mol. The van der Waals surface area contributed by atoms with Crippen molar-refractivity contribution in [1.29, 1.82) is 5.26 Å². The van der Waals surface area contributed by atoms with Crippen molar-refractivity contribution < 1.29 is 24.1 Å². The summed E-state index contributed by atoms with van der Waals surface area (Å²) in [6.45, 7) is 3.20. The van der Waals surface area contributed by atoms with Gasteiger partial charge < -0.3 is 24.6 Å². The van der Waals surface area contributed by atoms with Crippen molar-refractivity contribution in [3.63, 3.8) is 0 Å². The number of nitrogens with one attached hydrogen (secondary N) is 1. The molecule has 0 bridgehead atoms. The van der Waals surface area contributed by atoms with Crippen LogP contribution in [0.1, 0.15) is 6.92 Å². The Bertz CT molecular complexity index is 571. The van der Waals surface area contributed by atoms with Crippen molar-refractivity contribution in [2.75, 3.05) is 38.9 Å². The molecule has 0 saturated heterocycles. The third kappa shape index (κ3) is 6.82. The van der Waals surface area contributed by atoms with Gasteiger partial charge in [0.25, 0.3) is 5.91 Å². The summed E-state index contributed by atoms with van der Waals surface area (Å²) in [5.74, 6) is -0.348. The van der Waals surface area contributed by atoms with Crippen molar-refractivity contribution in [1.82, 2.24) is 0 Å². The Morgan fingerprint density at radius 3 is 2.43 bits per heavy atom. The summed E-state index contributed by atoms with van der Waals surface area (Å²) in [5, 5.41) is 20.5. The summed E-state index contributed by atoms with van der Waals surface area (Å²) < 4.78 is 15.6. The fourth-order valence-electron chi connectivity index (χ4n) is 1.59. The number of allylic oxidation sites excluding steroid dienone is 1. The van der Waals surface area contributed by atoms with E-state index >= 15 is 0 Å². The zero-order chi connectivity index (χ0) is 17.1. The number of methoxy groups -OCH3 is 1. The molecule has 0 spiro atoms. The van der Waals surface area contributed by atoms with Crippen LogP contribution in [0, 0.1) is 11.3 Å². The number of nitriles is 1. The molecule has 1 rings (SSSR count). The number of carbonyl (C=O) groups excluding carboxylic acids is 1. The van der Waals surface area contributed by atoms with Gasteiger partial charge in [0.05, 0.1) is 19.8 Å². The summed E-state index contributed by atoms with van der Waals surface area (Å²) in [7, 11) is 1.61. The van der Waals surface area contributed by atoms with Crippen molar-refractivity contribution in [3.05, 3.63) is 35.6 Å². The summed E-state index contributed by atoms with van der Waals surface area (Å²) in [6.07, 6.45) is 0. The van der Waals surface area contributed by atoms with Gasteiger partial charge in [-0.1, -0.05) is 0 Å². The van der Waals surface area contributed by atoms with Crippen molar-refractivity contribution in [3.8, 4) is 11.8 Å². The van der Waals surface area contributed by atoms with Crippen LogP contribution >= 0.6 is 0 Å². The number of rotatable bonds is 9. The zero-order valence-corrected chi connectivity index (χ0v) is 13.2. The van der Waals surface area contributed by atoms with Gasteiger partial charge in [-0.2, -0.15) is 5.26 Å². The highest BCUT2D eigenvalue weighted by Gasteiger charge is 2.12. The van der Waals surface area contributed by atoms with E-state index in [-0.39, 0.29) is 11.3 Å². The van der Waals surface area contributed by atoms with Crippen LogP contribution in [0.5, 0.6) is 5.75 Å². The molecule has 0 aliphatic carbocycles. The van der Waals surface area contributed by atoms with Crippen LogP contribution in [0.4, 0.5) is 5.69 Å². The molecule has 0 aliphatic rings. The Morgan fingerprint density at radius 1 is 1.22 bits per heavy atom. The number of nitrogens with zero attached hydrogens (tertiary/aromatic N) is 1. The molecule has 0 atom stereocenters. The standard InChI is InChI=1S/C16H20N2O5/c1-12(19)15(11-17)16(20)18-13-3-5-14(6-4-13)23-10-9-22-8-7-21-2/h3-6,19H,7-10H2,1-2H3,(H,18,20)/b15-12-. The van der Waals surface area contributed by atoms with E-state index in [0.717, 1.165) is 0 Å². The topological polar surface area (TPSA) is 101 Å². The number of carbonyl (C=O) groups is 1. The number of amides is 1. The second kappa shape index (κ2) is 10.2. The smallest absolute Gasteiger partial charge is 0.269 e. The van der Waals surface area contributed by atoms with E-state index in [4.69, 9.17) is 19.5 Å². The van der Waals surface area contributed by atoms with E-state index in [1.807, 2.05) is 0 Å². The van der Waals surface area contributed by atoms with Gasteiger partial charge in [0.15, 0.2) is 5.57 Å². The van der Waals surface area contributed by atoms with Gasteiger partial charge in [-0.05, 0) is 31.2 Å². The molecule has 0 aromatic heterocycles. The molecule has 7 nitrogen and oxygen atoms in total. The zero-order valence-electron chi connectivity index (χ0n) is 13.2. The summed E-state index contributed by atoms with van der Waals surface area (Å²) in [6, 6.07) is 8.30. The van der Waals surface area contributed by atoms with Gasteiger partial charge in [0, 0.05) is 12.8 Å². The number of aliphatic hydroxyl groups excluding tert-OH is 1. The predicted molar refractivity (Wildman–Crippen MR) is 84.2 cm³/mol. The fourth-order valence-corrected chi connectivity index (χ4v) is 1.59. The van der Waals surface area contributed by atoms with E-state index in [1.54, 1.807) is 37.4 Å². The molecule has 124 valence electrons. The van der Waals surface area contributed by atoms with Crippen LogP contribution in [0.2, 0.25) is 0 Å². The van der Waals surface area contributed by atoms with Gasteiger partial charge in [-0.15, -0.1) is 0 Å². The van der Waals surface area contributed by atoms with Crippen LogP contribution in [0.15, 0.2) is 35.6 Å². The minimum Gasteiger partial charge on any atom is -0.511 e. The molecule has 0 saturated carbocycles. The number of benzene rings is 1. The molecule has 2 N–H and O–H groups in total. The maximum Gasteiger partial charge on any atom is 0.269 e. The number of aliphatic hydroxyl groups is 1. The van der Waals surface area contributed by atoms with Gasteiger partial charge in [-0.25, -0.2) is 0 Å². The van der Waals surface area contributed by atoms with Crippen molar-refractivity contribution in [2.24, 2.45) is 0 Å². The van der Waals surface area contributed by atoms with Gasteiger partial charge in [0.1, 0.15) is 24.2 Å². The first kappa shape index (κ1) is 18.5. The minimum absolute atomic E-state index is 0.321. The van der Waals surface area contributed by atoms with E-state index in [0.29, 0.717) is 37.9 Å². The number of hydrogen-bond acceptors (Lipinski definition) is 6. The molecule has 0 unspecified atom stereocenters. The first-order valence-electron chi connectivity index (χ1n) is 6.99. The van der Waals surface area contributed by atoms with Gasteiger partial charge in [0.2, 0.25) is 0 Å². The average Bonchev–Trinajstić information content (AvgIpc) is 2.52. The van der Waals surface area contributed by atoms with Crippen LogP contribution in [-0.4, -0.2) is 44.6 Å². The van der Waals surface area contributed by atoms with Gasteiger partial charge in [-0.3, -0.25) is 4.79 Å². The Balaban J connectivity index is 2.43. The summed E-state index contributed by atoms with van der Waals surface area (Å²) in [5.41, 5.74) is 0.172. The van der Waals surface area contributed by atoms with Crippen LogP contribution < -0.4 is 10.1 Å². The first-order chi connectivity index (χ1) is 11.1. The Hall–Kier alpha value is -2.56. The number of ether oxygens (including phenoxy) is 3. The Kier molecular flexibility index (Phi) is 8.21. The van der Waals surface area contributed by atoms with Crippen LogP contribution in [0.25, 0.3) is 0 Å². The number of anilines is 1. The van der Waals surface area contributed by atoms with Crippen molar-refractivity contribution >= 4 is 11.6 Å². The molecule has 0 aliphatic heterocycles. The molecule has 1 aromatic rings. The molecular formula is C16H20N2O5. The van der Waals surface area contributed by atoms with E-state index in [9.17, 15) is 9.90 Å². The fraction of sp³-hybridized carbons (Fsp3) is 0.375. The minimum atomic E-state index is -0.660. The molecule has 0 radical (unpaired) electrons. The molecule has 7 heteroatoms. The highest BCUT2D eigenvalue weighted by Crippen LogP contribution is 2.16. The van der Waals surface area contributed by atoms with Crippen molar-refractivity contribution in [2.45, 2.75) is 6.92 Å². The van der Waals surface area contributed by atoms with E-state index in [2.05, 4.69) is 5.32 Å². The normalized spacial score (nSPS) is 11.3. The summed E-state index contributed by atoms with van der Waals surface area (Å²) in [4.78, 5) is 11.8. The molecule has 0 fully saturated rings. The van der Waals surface area contributed by atoms with Crippen LogP contribution in [0.3, 0.4) is 0 Å². The lowest BCUT2D eigenvalue weighted by atomic mass is 10.2. The predicted octanol–water partition coefficient (Wildman–Crippen LogP) is 2.02. The molecule has 1 aromatic carbocycles. The van der Waals surface area contributed by atoms with E-state index in [1.165, 1.54) is 6.92 Å². The van der Waals surface area contributed by atoms with Gasteiger partial charge >= 0.3 is 0 Å². The lowest BCUT2D eigenvalue weighted by molar-refractivity contribution is -0.112. The highest BCUT2D eigenvalue weighted by molar-refractivity contribution is 6.06. The van der Waals surface area contributed by atoms with E-state index < -0.39 is 5.91 Å². The lowest BCUT2D eigenvalue weighted by Gasteiger charge is -2.08. The average molecular weight is 320 g/mol. The second-order valence-corrected chi connectivity index (χ2v) is 4.50. The summed E-state index contributed by atoms with van der Waals surface area (Å²) >= 11 is 0. The second-order valence-electron chi connectivity index (χ2n) is 4.50. The maximum absolute atomic E-state index is 11.8. The molecule has 1 amide bonds. The van der Waals surface area contributed by atoms with Crippen LogP contribution in [-0.2, 0) is 14.3 Å². The first-order valence-corrected chi connectivity index (χ1v) is 6.99. The third-order valence-corrected chi connectivity index (χ3v) is 2.74. The lowest BCUT2D eigenvalue weighted by Crippen LogP contribution is -2.15. The third-order valence-electron chi connectivity index (χ3n) is 2.74. The quantitative estimate of drug-likeness (QED) is 0.312. The Labute approximate surface area is 135 Å². The molecule has 23 heavy (non-hydrogen) atoms. The number of hydrogen-bond donors (Lipinski definition) is 2. The maximum atomic E-state index is 11.8. The Morgan fingerprint density at radius 2 is 1.87 bits per heavy atom. The monoisotopic (exact) mass is 320 g/mol. The highest BCUT2D eigenvalue weighted by atomic mass is 16.5. The largest absolute Gasteiger partial charge is 0.511 e. The SMILES string of the molecule is COCCOCCOc1ccc(NC(=O)/C(C#N)=C(/C)O)cc1. The molecule has 0 heterocycles.